The van der Waals surface area contributed by atoms with Crippen molar-refractivity contribution in [2.24, 2.45) is 0 Å². The molecule has 38 heavy (non-hydrogen) atoms. The molecular formula is C33H23IrN3O-2. The zero-order chi connectivity index (χ0) is 30.2. The summed E-state index contributed by atoms with van der Waals surface area (Å²) in [5.41, 5.74) is 4.87. The van der Waals surface area contributed by atoms with Crippen LogP contribution in [0.1, 0.15) is 19.4 Å². The Bertz CT molecular complexity index is 2040. The van der Waals surface area contributed by atoms with E-state index in [0.29, 0.717) is 16.8 Å². The van der Waals surface area contributed by atoms with Crippen molar-refractivity contribution >= 4 is 32.7 Å². The van der Waals surface area contributed by atoms with Gasteiger partial charge in [-0.15, -0.1) is 54.1 Å². The van der Waals surface area contributed by atoms with Gasteiger partial charge in [0.2, 0.25) is 0 Å². The van der Waals surface area contributed by atoms with Crippen LogP contribution >= 0.6 is 0 Å². The van der Waals surface area contributed by atoms with Gasteiger partial charge in [0.25, 0.3) is 0 Å². The van der Waals surface area contributed by atoms with Gasteiger partial charge >= 0.3 is 0 Å². The van der Waals surface area contributed by atoms with E-state index in [9.17, 15) is 0 Å². The van der Waals surface area contributed by atoms with Gasteiger partial charge in [0.15, 0.2) is 0 Å². The maximum atomic E-state index is 7.49. The molecule has 5 heteroatoms. The molecule has 1 radical (unpaired) electrons. The first-order valence-electron chi connectivity index (χ1n) is 14.6. The molecule has 7 rings (SSSR count). The van der Waals surface area contributed by atoms with Crippen molar-refractivity contribution in [1.29, 1.82) is 0 Å². The average molecular weight is 676 g/mol. The Hall–Kier alpha value is -4.18. The summed E-state index contributed by atoms with van der Waals surface area (Å²) in [6, 6.07) is 30.0. The van der Waals surface area contributed by atoms with E-state index in [4.69, 9.17) is 12.6 Å². The molecule has 4 aromatic heterocycles. The van der Waals surface area contributed by atoms with E-state index in [1.54, 1.807) is 36.5 Å². The van der Waals surface area contributed by atoms with E-state index in [-0.39, 0.29) is 31.2 Å². The first-order valence-corrected chi connectivity index (χ1v) is 11.6. The average Bonchev–Trinajstić information content (AvgIpc) is 3.41. The largest absolute Gasteiger partial charge is 0.500 e. The van der Waals surface area contributed by atoms with Gasteiger partial charge in [-0.2, -0.15) is 0 Å². The molecule has 0 bridgehead atoms. The second-order valence-electron chi connectivity index (χ2n) is 8.38. The Labute approximate surface area is 243 Å². The van der Waals surface area contributed by atoms with Gasteiger partial charge in [0.05, 0.1) is 5.58 Å². The van der Waals surface area contributed by atoms with Gasteiger partial charge in [0.1, 0.15) is 5.58 Å². The predicted molar refractivity (Wildman–Crippen MR) is 149 cm³/mol. The number of pyridine rings is 3. The number of fused-ring (bicyclic) bond motifs is 5. The molecule has 187 valence electrons. The van der Waals surface area contributed by atoms with Crippen LogP contribution in [0.5, 0.6) is 0 Å². The maximum Gasteiger partial charge on any atom is 0.128 e. The summed E-state index contributed by atoms with van der Waals surface area (Å²) in [6.07, 6.45) is 6.34. The van der Waals surface area contributed by atoms with E-state index in [1.807, 2.05) is 54.7 Å². The number of hydrogen-bond donors (Lipinski definition) is 0. The molecule has 0 spiro atoms. The first kappa shape index (κ1) is 19.0. The number of nitrogens with zero attached hydrogens (tertiary/aromatic N) is 3. The summed E-state index contributed by atoms with van der Waals surface area (Å²) in [6.45, 7) is -4.26. The SMILES string of the molecule is [2H]C([2H])([2H])c1ccc(-c2[c-]ccc3c2oc2c4ccncc4ccc32)nc1.[2H]C([2H])([2H])c1ccc(-c2[c-]cccc2)nc1.[Ir]. The second kappa shape index (κ2) is 11.1. The van der Waals surface area contributed by atoms with Crippen molar-refractivity contribution in [3.05, 3.63) is 127 Å². The first-order chi connectivity index (χ1) is 20.6. The molecule has 0 aliphatic rings. The van der Waals surface area contributed by atoms with Gasteiger partial charge in [0, 0.05) is 69.3 Å². The maximum absolute atomic E-state index is 7.49. The zero-order valence-corrected chi connectivity index (χ0v) is 22.3. The van der Waals surface area contributed by atoms with Crippen LogP contribution in [0.25, 0.3) is 55.2 Å². The molecule has 0 saturated carbocycles. The van der Waals surface area contributed by atoms with E-state index < -0.39 is 13.7 Å². The summed E-state index contributed by atoms with van der Waals surface area (Å²) >= 11 is 0. The van der Waals surface area contributed by atoms with Crippen LogP contribution in [0, 0.1) is 25.8 Å². The predicted octanol–water partition coefficient (Wildman–Crippen LogP) is 8.16. The smallest absolute Gasteiger partial charge is 0.128 e. The van der Waals surface area contributed by atoms with Gasteiger partial charge in [-0.25, -0.2) is 0 Å². The van der Waals surface area contributed by atoms with Crippen LogP contribution in [-0.4, -0.2) is 15.0 Å². The monoisotopic (exact) mass is 676 g/mol. The Morgan fingerprint density at radius 2 is 1.47 bits per heavy atom. The molecular weight excluding hydrogens is 647 g/mol. The second-order valence-corrected chi connectivity index (χ2v) is 8.38. The van der Waals surface area contributed by atoms with Gasteiger partial charge in [-0.1, -0.05) is 47.3 Å². The zero-order valence-electron chi connectivity index (χ0n) is 25.9. The molecule has 4 heterocycles. The van der Waals surface area contributed by atoms with Crippen LogP contribution in [0.2, 0.25) is 0 Å². The molecule has 7 aromatic rings. The van der Waals surface area contributed by atoms with Crippen LogP contribution in [0.15, 0.2) is 108 Å². The molecule has 0 atom stereocenters. The number of furan rings is 1. The molecule has 0 aliphatic carbocycles. The molecule has 0 amide bonds. The van der Waals surface area contributed by atoms with Gasteiger partial charge in [-0.3, -0.25) is 4.98 Å². The number of hydrogen-bond acceptors (Lipinski definition) is 4. The van der Waals surface area contributed by atoms with Crippen molar-refractivity contribution in [3.8, 4) is 22.5 Å². The van der Waals surface area contributed by atoms with Crippen LogP contribution < -0.4 is 0 Å². The fourth-order valence-electron chi connectivity index (χ4n) is 4.20. The van der Waals surface area contributed by atoms with Gasteiger partial charge in [-0.05, 0) is 42.3 Å². The van der Waals surface area contributed by atoms with Crippen molar-refractivity contribution in [2.75, 3.05) is 0 Å². The minimum atomic E-state index is -2.17. The number of rotatable bonds is 2. The molecule has 0 aliphatic heterocycles. The third-order valence-corrected chi connectivity index (χ3v) is 5.98. The molecule has 0 N–H and O–H groups in total. The molecule has 0 fully saturated rings. The van der Waals surface area contributed by atoms with Crippen molar-refractivity contribution < 1.29 is 32.7 Å². The van der Waals surface area contributed by atoms with Crippen molar-refractivity contribution in [3.63, 3.8) is 0 Å². The summed E-state index contributed by atoms with van der Waals surface area (Å²) in [4.78, 5) is 12.6. The number of benzene rings is 3. The molecule has 0 saturated heterocycles. The summed E-state index contributed by atoms with van der Waals surface area (Å²) in [5, 5.41) is 3.99. The summed E-state index contributed by atoms with van der Waals surface area (Å²) in [7, 11) is 0. The van der Waals surface area contributed by atoms with Crippen LogP contribution in [0.4, 0.5) is 0 Å². The van der Waals surface area contributed by atoms with E-state index in [0.717, 1.165) is 38.4 Å². The Balaban J connectivity index is 0.000000194. The summed E-state index contributed by atoms with van der Waals surface area (Å²) in [5.74, 6) is 0. The fraction of sp³-hybridized carbons (Fsp3) is 0.0606. The summed E-state index contributed by atoms with van der Waals surface area (Å²) < 4.78 is 50.4. The third kappa shape index (κ3) is 4.99. The van der Waals surface area contributed by atoms with Crippen LogP contribution in [0.3, 0.4) is 0 Å². The van der Waals surface area contributed by atoms with Crippen molar-refractivity contribution in [1.82, 2.24) is 15.0 Å². The fourth-order valence-corrected chi connectivity index (χ4v) is 4.20. The van der Waals surface area contributed by atoms with E-state index in [1.165, 1.54) is 12.4 Å². The Morgan fingerprint density at radius 1 is 0.684 bits per heavy atom. The van der Waals surface area contributed by atoms with E-state index in [2.05, 4.69) is 27.1 Å². The topological polar surface area (TPSA) is 51.8 Å². The normalized spacial score (nSPS) is 13.7. The minimum Gasteiger partial charge on any atom is -0.500 e. The van der Waals surface area contributed by atoms with E-state index >= 15 is 0 Å². The minimum absolute atomic E-state index is 0. The number of aryl methyl sites for hydroxylation is 2. The standard InChI is InChI=1S/C21H13N2O.C12H10N.Ir/c1-13-5-8-19(23-11-13)18-4-2-3-16-17-7-6-14-12-22-10-9-15(14)20(17)24-21(16)18;1-10-7-8-12(13-9-10)11-5-3-2-4-6-11;/h2-3,5-12H,1H3;2-5,7-9H,1H3;/q2*-1;/i2*1D3;. The Morgan fingerprint density at radius 3 is 2.18 bits per heavy atom. The van der Waals surface area contributed by atoms with Gasteiger partial charge < -0.3 is 14.4 Å². The third-order valence-electron chi connectivity index (χ3n) is 5.98. The quantitative estimate of drug-likeness (QED) is 0.174. The molecule has 0 unspecified atom stereocenters. The van der Waals surface area contributed by atoms with Crippen molar-refractivity contribution in [2.45, 2.75) is 13.7 Å². The Kier molecular flexibility index (Phi) is 5.52. The van der Waals surface area contributed by atoms with Crippen LogP contribution in [-0.2, 0) is 20.1 Å². The number of aromatic nitrogens is 3. The molecule has 3 aromatic carbocycles. The molecule has 4 nitrogen and oxygen atoms in total.